The summed E-state index contributed by atoms with van der Waals surface area (Å²) < 4.78 is 0. The lowest BCUT2D eigenvalue weighted by Gasteiger charge is -2.34. The third-order valence-electron chi connectivity index (χ3n) is 5.24. The van der Waals surface area contributed by atoms with Gasteiger partial charge in [-0.15, -0.1) is 0 Å². The van der Waals surface area contributed by atoms with Gasteiger partial charge in [-0.3, -0.25) is 15.0 Å². The predicted molar refractivity (Wildman–Crippen MR) is 75.7 cm³/mol. The summed E-state index contributed by atoms with van der Waals surface area (Å²) in [6, 6.07) is 1.24. The van der Waals surface area contributed by atoms with Gasteiger partial charge in [0.15, 0.2) is 0 Å². The zero-order chi connectivity index (χ0) is 13.4. The van der Waals surface area contributed by atoms with Crippen LogP contribution in [0.15, 0.2) is 0 Å². The Morgan fingerprint density at radius 1 is 1.32 bits per heavy atom. The van der Waals surface area contributed by atoms with Gasteiger partial charge in [-0.05, 0) is 45.6 Å². The minimum absolute atomic E-state index is 0.299. The van der Waals surface area contributed by atoms with Gasteiger partial charge < -0.3 is 4.90 Å². The van der Waals surface area contributed by atoms with Crippen molar-refractivity contribution in [3.05, 3.63) is 0 Å². The van der Waals surface area contributed by atoms with E-state index in [-0.39, 0.29) is 0 Å². The quantitative estimate of drug-likeness (QED) is 0.816. The van der Waals surface area contributed by atoms with Gasteiger partial charge in [-0.1, -0.05) is 12.8 Å². The van der Waals surface area contributed by atoms with Gasteiger partial charge in [0, 0.05) is 18.6 Å². The number of amides is 1. The first-order valence-corrected chi connectivity index (χ1v) is 7.91. The number of rotatable bonds is 5. The highest BCUT2D eigenvalue weighted by Crippen LogP contribution is 2.32. The van der Waals surface area contributed by atoms with Crippen LogP contribution >= 0.6 is 0 Å². The molecule has 1 heterocycles. The van der Waals surface area contributed by atoms with Crippen molar-refractivity contribution in [1.29, 1.82) is 0 Å². The molecule has 108 valence electrons. The van der Waals surface area contributed by atoms with Gasteiger partial charge in [0.25, 0.3) is 0 Å². The molecule has 2 saturated carbocycles. The minimum Gasteiger partial charge on any atom is -0.324 e. The smallest absolute Gasteiger partial charge is 0.237 e. The van der Waals surface area contributed by atoms with Crippen LogP contribution < -0.4 is 5.32 Å². The van der Waals surface area contributed by atoms with Crippen molar-refractivity contribution in [2.75, 3.05) is 20.1 Å². The van der Waals surface area contributed by atoms with E-state index in [1.54, 1.807) is 0 Å². The molecule has 1 saturated heterocycles. The van der Waals surface area contributed by atoms with Crippen molar-refractivity contribution >= 4 is 5.91 Å². The number of carbonyl (C=O) groups is 1. The van der Waals surface area contributed by atoms with Crippen LogP contribution in [0.3, 0.4) is 0 Å². The zero-order valence-corrected chi connectivity index (χ0v) is 12.3. The molecular formula is C15H27N3O. The number of nitrogens with one attached hydrogen (secondary N) is 1. The summed E-state index contributed by atoms with van der Waals surface area (Å²) in [6.45, 7) is 3.69. The molecule has 3 fully saturated rings. The second-order valence-corrected chi connectivity index (χ2v) is 6.66. The summed E-state index contributed by atoms with van der Waals surface area (Å²) in [5.74, 6) is 0.984. The fraction of sp³-hybridized carbons (Fsp3) is 0.933. The van der Waals surface area contributed by atoms with Crippen molar-refractivity contribution in [2.45, 2.75) is 63.7 Å². The molecule has 4 heteroatoms. The molecule has 0 radical (unpaired) electrons. The molecule has 0 spiro atoms. The Kier molecular flexibility index (Phi) is 3.81. The first-order valence-electron chi connectivity index (χ1n) is 7.91. The average Bonchev–Trinajstić information content (AvgIpc) is 3.00. The number of hydrogen-bond acceptors (Lipinski definition) is 3. The van der Waals surface area contributed by atoms with Crippen LogP contribution in [0, 0.1) is 5.92 Å². The highest BCUT2D eigenvalue weighted by atomic mass is 16.2. The summed E-state index contributed by atoms with van der Waals surface area (Å²) in [7, 11) is 2.21. The van der Waals surface area contributed by atoms with Gasteiger partial charge >= 0.3 is 0 Å². The maximum absolute atomic E-state index is 12.1. The van der Waals surface area contributed by atoms with Crippen molar-refractivity contribution < 1.29 is 4.79 Å². The Morgan fingerprint density at radius 3 is 2.63 bits per heavy atom. The lowest BCUT2D eigenvalue weighted by atomic mass is 10.0. The molecule has 2 atom stereocenters. The second-order valence-electron chi connectivity index (χ2n) is 6.66. The zero-order valence-electron chi connectivity index (χ0n) is 12.3. The fourth-order valence-electron chi connectivity index (χ4n) is 3.72. The molecule has 0 aromatic heterocycles. The van der Waals surface area contributed by atoms with Crippen molar-refractivity contribution in [2.24, 2.45) is 5.92 Å². The number of hydrogen-bond donors (Lipinski definition) is 1. The van der Waals surface area contributed by atoms with E-state index in [0.29, 0.717) is 30.6 Å². The van der Waals surface area contributed by atoms with E-state index in [2.05, 4.69) is 29.1 Å². The molecular weight excluding hydrogens is 238 g/mol. The highest BCUT2D eigenvalue weighted by molar-refractivity contribution is 5.80. The van der Waals surface area contributed by atoms with E-state index < -0.39 is 0 Å². The minimum atomic E-state index is 0.299. The molecule has 3 aliphatic rings. The van der Waals surface area contributed by atoms with Crippen molar-refractivity contribution in [3.8, 4) is 0 Å². The average molecular weight is 265 g/mol. The fourth-order valence-corrected chi connectivity index (χ4v) is 3.72. The SMILES string of the molecule is CC(CN1C(=O)CNC1C1CCCC1)N(C)C1CC1. The van der Waals surface area contributed by atoms with Crippen molar-refractivity contribution in [1.82, 2.24) is 15.1 Å². The Bertz CT molecular complexity index is 336. The Labute approximate surface area is 116 Å². The topological polar surface area (TPSA) is 35.6 Å². The highest BCUT2D eigenvalue weighted by Gasteiger charge is 2.39. The standard InChI is InChI=1S/C15H27N3O/c1-11(17(2)13-7-8-13)10-18-14(19)9-16-15(18)12-5-3-4-6-12/h11-13,15-16H,3-10H2,1-2H3. The lowest BCUT2D eigenvalue weighted by Crippen LogP contribution is -2.48. The summed E-state index contributed by atoms with van der Waals surface area (Å²) in [4.78, 5) is 16.7. The molecule has 2 aliphatic carbocycles. The molecule has 0 aromatic rings. The molecule has 0 aromatic carbocycles. The van der Waals surface area contributed by atoms with Crippen LogP contribution in [-0.2, 0) is 4.79 Å². The lowest BCUT2D eigenvalue weighted by molar-refractivity contribution is -0.129. The summed E-state index contributed by atoms with van der Waals surface area (Å²) in [6.07, 6.45) is 8.22. The third-order valence-corrected chi connectivity index (χ3v) is 5.24. The summed E-state index contributed by atoms with van der Waals surface area (Å²) in [5.41, 5.74) is 0. The van der Waals surface area contributed by atoms with E-state index in [1.807, 2.05) is 0 Å². The Morgan fingerprint density at radius 2 is 2.00 bits per heavy atom. The van der Waals surface area contributed by atoms with E-state index in [9.17, 15) is 4.79 Å². The molecule has 1 N–H and O–H groups in total. The van der Waals surface area contributed by atoms with E-state index in [0.717, 1.165) is 12.6 Å². The summed E-state index contributed by atoms with van der Waals surface area (Å²) >= 11 is 0. The van der Waals surface area contributed by atoms with Crippen LogP contribution in [0.1, 0.15) is 45.4 Å². The maximum atomic E-state index is 12.1. The molecule has 2 unspecified atom stereocenters. The van der Waals surface area contributed by atoms with Gasteiger partial charge in [0.2, 0.25) is 5.91 Å². The third kappa shape index (κ3) is 2.79. The Hall–Kier alpha value is -0.610. The van der Waals surface area contributed by atoms with Crippen molar-refractivity contribution in [3.63, 3.8) is 0 Å². The number of carbonyl (C=O) groups excluding carboxylic acids is 1. The van der Waals surface area contributed by atoms with Gasteiger partial charge in [-0.25, -0.2) is 0 Å². The largest absolute Gasteiger partial charge is 0.324 e. The predicted octanol–water partition coefficient (Wildman–Crippen LogP) is 1.42. The van der Waals surface area contributed by atoms with Crippen LogP contribution in [-0.4, -0.2) is 54.1 Å². The van der Waals surface area contributed by atoms with Gasteiger partial charge in [0.05, 0.1) is 12.7 Å². The monoisotopic (exact) mass is 265 g/mol. The normalized spacial score (nSPS) is 30.6. The van der Waals surface area contributed by atoms with Gasteiger partial charge in [-0.2, -0.15) is 0 Å². The molecule has 4 nitrogen and oxygen atoms in total. The Balaban J connectivity index is 1.61. The first kappa shape index (κ1) is 13.4. The molecule has 1 amide bonds. The van der Waals surface area contributed by atoms with E-state index in [4.69, 9.17) is 0 Å². The van der Waals surface area contributed by atoms with E-state index >= 15 is 0 Å². The number of likely N-dealkylation sites (N-methyl/N-ethyl adjacent to an activating group) is 1. The summed E-state index contributed by atoms with van der Waals surface area (Å²) in [5, 5.41) is 3.45. The molecule has 19 heavy (non-hydrogen) atoms. The molecule has 0 bridgehead atoms. The molecule has 1 aliphatic heterocycles. The number of nitrogens with zero attached hydrogens (tertiary/aromatic N) is 2. The first-order chi connectivity index (χ1) is 9.16. The van der Waals surface area contributed by atoms with Crippen LogP contribution in [0.5, 0.6) is 0 Å². The molecule has 3 rings (SSSR count). The van der Waals surface area contributed by atoms with Crippen LogP contribution in [0.4, 0.5) is 0 Å². The van der Waals surface area contributed by atoms with Crippen LogP contribution in [0.2, 0.25) is 0 Å². The second kappa shape index (κ2) is 5.41. The van der Waals surface area contributed by atoms with Crippen LogP contribution in [0.25, 0.3) is 0 Å². The maximum Gasteiger partial charge on any atom is 0.237 e. The van der Waals surface area contributed by atoms with E-state index in [1.165, 1.54) is 38.5 Å². The van der Waals surface area contributed by atoms with Gasteiger partial charge in [0.1, 0.15) is 0 Å².